The zero-order valence-corrected chi connectivity index (χ0v) is 11.2. The summed E-state index contributed by atoms with van der Waals surface area (Å²) in [4.78, 5) is 3.97. The van der Waals surface area contributed by atoms with Gasteiger partial charge in [-0.3, -0.25) is 0 Å². The lowest BCUT2D eigenvalue weighted by Gasteiger charge is -2.12. The van der Waals surface area contributed by atoms with Crippen molar-refractivity contribution in [1.82, 2.24) is 4.98 Å². The zero-order valence-electron chi connectivity index (χ0n) is 9.67. The van der Waals surface area contributed by atoms with Crippen molar-refractivity contribution in [3.63, 3.8) is 0 Å². The molecule has 0 radical (unpaired) electrons. The molecule has 0 fully saturated rings. The fourth-order valence-corrected chi connectivity index (χ4v) is 2.12. The third-order valence-corrected chi connectivity index (χ3v) is 3.26. The maximum absolute atomic E-state index is 13.6. The van der Waals surface area contributed by atoms with Crippen molar-refractivity contribution in [1.29, 1.82) is 0 Å². The second kappa shape index (κ2) is 5.55. The van der Waals surface area contributed by atoms with Crippen LogP contribution in [0.5, 0.6) is 0 Å². The van der Waals surface area contributed by atoms with Gasteiger partial charge in [0, 0.05) is 23.3 Å². The Morgan fingerprint density at radius 2 is 2.06 bits per heavy atom. The molecule has 0 saturated heterocycles. The van der Waals surface area contributed by atoms with Gasteiger partial charge in [-0.2, -0.15) is 0 Å². The first-order chi connectivity index (χ1) is 8.59. The SMILES string of the molecule is Cc1ccnc(Cl)c1NCc1c(F)cccc1Cl. The highest BCUT2D eigenvalue weighted by atomic mass is 35.5. The minimum atomic E-state index is -0.340. The molecule has 0 aliphatic rings. The Bertz CT molecular complexity index is 481. The van der Waals surface area contributed by atoms with Crippen molar-refractivity contribution < 1.29 is 4.39 Å². The highest BCUT2D eigenvalue weighted by molar-refractivity contribution is 6.32. The van der Waals surface area contributed by atoms with E-state index < -0.39 is 0 Å². The Hall–Kier alpha value is -1.32. The molecular formula is C13H11Cl2FN2. The summed E-state index contributed by atoms with van der Waals surface area (Å²) in [6.45, 7) is 2.16. The first kappa shape index (κ1) is 13.1. The molecule has 0 atom stereocenters. The fraction of sp³-hybridized carbons (Fsp3) is 0.154. The molecule has 0 unspecified atom stereocenters. The van der Waals surface area contributed by atoms with E-state index in [9.17, 15) is 4.39 Å². The fourth-order valence-electron chi connectivity index (χ4n) is 1.62. The van der Waals surface area contributed by atoms with Gasteiger partial charge in [-0.05, 0) is 30.7 Å². The molecule has 2 nitrogen and oxygen atoms in total. The number of halogens is 3. The van der Waals surface area contributed by atoms with E-state index in [0.29, 0.717) is 21.4 Å². The van der Waals surface area contributed by atoms with Crippen LogP contribution in [0.25, 0.3) is 0 Å². The molecule has 94 valence electrons. The van der Waals surface area contributed by atoms with Gasteiger partial charge in [0.25, 0.3) is 0 Å². The van der Waals surface area contributed by atoms with Crippen LogP contribution in [-0.2, 0) is 6.54 Å². The standard InChI is InChI=1S/C13H11Cl2FN2/c1-8-5-6-17-13(15)12(8)18-7-9-10(14)3-2-4-11(9)16/h2-6,18H,7H2,1H3. The van der Waals surface area contributed by atoms with Crippen molar-refractivity contribution in [2.75, 3.05) is 5.32 Å². The number of benzene rings is 1. The van der Waals surface area contributed by atoms with Crippen molar-refractivity contribution in [3.05, 3.63) is 57.6 Å². The van der Waals surface area contributed by atoms with E-state index in [2.05, 4.69) is 10.3 Å². The Labute approximate surface area is 115 Å². The molecule has 2 aromatic rings. The summed E-state index contributed by atoms with van der Waals surface area (Å²) < 4.78 is 13.6. The number of anilines is 1. The Morgan fingerprint density at radius 1 is 1.28 bits per heavy atom. The minimum Gasteiger partial charge on any atom is -0.378 e. The molecule has 1 heterocycles. The number of aryl methyl sites for hydroxylation is 1. The van der Waals surface area contributed by atoms with Crippen molar-refractivity contribution in [3.8, 4) is 0 Å². The molecular weight excluding hydrogens is 274 g/mol. The molecule has 5 heteroatoms. The second-order valence-electron chi connectivity index (χ2n) is 3.85. The molecule has 2 rings (SSSR count). The molecule has 0 aliphatic carbocycles. The first-order valence-electron chi connectivity index (χ1n) is 5.37. The predicted octanol–water partition coefficient (Wildman–Crippen LogP) is 4.45. The van der Waals surface area contributed by atoms with Crippen molar-refractivity contribution in [2.45, 2.75) is 13.5 Å². The Balaban J connectivity index is 2.22. The summed E-state index contributed by atoms with van der Waals surface area (Å²) in [5.41, 5.74) is 2.06. The average molecular weight is 285 g/mol. The van der Waals surface area contributed by atoms with Gasteiger partial charge in [0.05, 0.1) is 5.69 Å². The van der Waals surface area contributed by atoms with Crippen LogP contribution in [0.1, 0.15) is 11.1 Å². The number of aromatic nitrogens is 1. The van der Waals surface area contributed by atoms with Crippen LogP contribution >= 0.6 is 23.2 Å². The molecule has 1 N–H and O–H groups in total. The zero-order chi connectivity index (χ0) is 13.1. The van der Waals surface area contributed by atoms with Crippen LogP contribution in [0, 0.1) is 12.7 Å². The number of hydrogen-bond donors (Lipinski definition) is 1. The lowest BCUT2D eigenvalue weighted by atomic mass is 10.2. The van der Waals surface area contributed by atoms with Gasteiger partial charge in [-0.1, -0.05) is 29.3 Å². The highest BCUT2D eigenvalue weighted by Gasteiger charge is 2.09. The summed E-state index contributed by atoms with van der Waals surface area (Å²) in [6.07, 6.45) is 1.62. The lowest BCUT2D eigenvalue weighted by Crippen LogP contribution is -2.05. The Kier molecular flexibility index (Phi) is 4.04. The minimum absolute atomic E-state index is 0.262. The topological polar surface area (TPSA) is 24.9 Å². The molecule has 1 aromatic carbocycles. The largest absolute Gasteiger partial charge is 0.378 e. The van der Waals surface area contributed by atoms with E-state index in [0.717, 1.165) is 5.56 Å². The molecule has 0 amide bonds. The van der Waals surface area contributed by atoms with Gasteiger partial charge in [0.1, 0.15) is 5.82 Å². The second-order valence-corrected chi connectivity index (χ2v) is 4.61. The molecule has 0 saturated carbocycles. The molecule has 0 spiro atoms. The molecule has 0 aliphatic heterocycles. The molecule has 0 bridgehead atoms. The van der Waals surface area contributed by atoms with E-state index in [1.807, 2.05) is 13.0 Å². The normalized spacial score (nSPS) is 10.4. The van der Waals surface area contributed by atoms with E-state index in [-0.39, 0.29) is 12.4 Å². The Morgan fingerprint density at radius 3 is 2.72 bits per heavy atom. The third kappa shape index (κ3) is 2.74. The maximum atomic E-state index is 13.6. The number of hydrogen-bond acceptors (Lipinski definition) is 2. The monoisotopic (exact) mass is 284 g/mol. The van der Waals surface area contributed by atoms with Crippen LogP contribution in [-0.4, -0.2) is 4.98 Å². The van der Waals surface area contributed by atoms with Crippen LogP contribution in [0.2, 0.25) is 10.2 Å². The van der Waals surface area contributed by atoms with Crippen molar-refractivity contribution >= 4 is 28.9 Å². The van der Waals surface area contributed by atoms with E-state index >= 15 is 0 Å². The summed E-state index contributed by atoms with van der Waals surface area (Å²) in [5, 5.41) is 3.81. The van der Waals surface area contributed by atoms with Gasteiger partial charge in [-0.15, -0.1) is 0 Å². The van der Waals surface area contributed by atoms with E-state index in [4.69, 9.17) is 23.2 Å². The van der Waals surface area contributed by atoms with Crippen LogP contribution in [0.3, 0.4) is 0 Å². The third-order valence-electron chi connectivity index (χ3n) is 2.62. The van der Waals surface area contributed by atoms with Crippen molar-refractivity contribution in [2.24, 2.45) is 0 Å². The van der Waals surface area contributed by atoms with Crippen LogP contribution in [0.15, 0.2) is 30.5 Å². The van der Waals surface area contributed by atoms with E-state index in [1.54, 1.807) is 18.3 Å². The maximum Gasteiger partial charge on any atom is 0.152 e. The first-order valence-corrected chi connectivity index (χ1v) is 6.13. The molecule has 1 aromatic heterocycles. The smallest absolute Gasteiger partial charge is 0.152 e. The summed E-state index contributed by atoms with van der Waals surface area (Å²) >= 11 is 11.9. The van der Waals surface area contributed by atoms with Gasteiger partial charge in [0.2, 0.25) is 0 Å². The van der Waals surface area contributed by atoms with Gasteiger partial charge in [0.15, 0.2) is 5.15 Å². The number of nitrogens with one attached hydrogen (secondary N) is 1. The van der Waals surface area contributed by atoms with Gasteiger partial charge >= 0.3 is 0 Å². The van der Waals surface area contributed by atoms with Gasteiger partial charge in [-0.25, -0.2) is 9.37 Å². The van der Waals surface area contributed by atoms with Gasteiger partial charge < -0.3 is 5.32 Å². The summed E-state index contributed by atoms with van der Waals surface area (Å²) in [6, 6.07) is 6.43. The number of pyridine rings is 1. The number of rotatable bonds is 3. The average Bonchev–Trinajstić information content (AvgIpc) is 2.31. The highest BCUT2D eigenvalue weighted by Crippen LogP contribution is 2.25. The van der Waals surface area contributed by atoms with Crippen LogP contribution < -0.4 is 5.32 Å². The van der Waals surface area contributed by atoms with Crippen LogP contribution in [0.4, 0.5) is 10.1 Å². The molecule has 18 heavy (non-hydrogen) atoms. The summed E-state index contributed by atoms with van der Waals surface area (Å²) in [7, 11) is 0. The number of nitrogens with zero attached hydrogens (tertiary/aromatic N) is 1. The lowest BCUT2D eigenvalue weighted by molar-refractivity contribution is 0.613. The van der Waals surface area contributed by atoms with E-state index in [1.165, 1.54) is 6.07 Å². The summed E-state index contributed by atoms with van der Waals surface area (Å²) in [5.74, 6) is -0.340. The predicted molar refractivity (Wildman–Crippen MR) is 72.7 cm³/mol. The quantitative estimate of drug-likeness (QED) is 0.843.